The van der Waals surface area contributed by atoms with Crippen LogP contribution in [0.4, 0.5) is 18.9 Å². The van der Waals surface area contributed by atoms with E-state index in [2.05, 4.69) is 22.4 Å². The third kappa shape index (κ3) is 4.05. The van der Waals surface area contributed by atoms with Gasteiger partial charge in [0.05, 0.1) is 30.3 Å². The molecule has 30 heavy (non-hydrogen) atoms. The van der Waals surface area contributed by atoms with Crippen LogP contribution in [0.1, 0.15) is 48.2 Å². The minimum Gasteiger partial charge on any atom is -0.378 e. The highest BCUT2D eigenvalue weighted by Crippen LogP contribution is 2.33. The first-order valence-electron chi connectivity index (χ1n) is 9.95. The fraction of sp³-hybridized carbons (Fsp3) is 0.292. The fourth-order valence-corrected chi connectivity index (χ4v) is 3.85. The SMILES string of the molecule is Cc1cc(NC(C)c2cccc(C(F)F)c2F)c2cc(C3=CCOCC3)ccc2n1. The van der Waals surface area contributed by atoms with Crippen molar-refractivity contribution in [2.75, 3.05) is 18.5 Å². The Balaban J connectivity index is 1.73. The van der Waals surface area contributed by atoms with Gasteiger partial charge in [-0.15, -0.1) is 0 Å². The van der Waals surface area contributed by atoms with Gasteiger partial charge in [-0.05, 0) is 49.6 Å². The minimum atomic E-state index is -2.85. The van der Waals surface area contributed by atoms with E-state index in [4.69, 9.17) is 4.74 Å². The highest BCUT2D eigenvalue weighted by Gasteiger charge is 2.20. The molecule has 1 unspecified atom stereocenters. The maximum atomic E-state index is 14.6. The van der Waals surface area contributed by atoms with Crippen molar-refractivity contribution in [1.82, 2.24) is 4.98 Å². The van der Waals surface area contributed by atoms with Crippen LogP contribution in [0.5, 0.6) is 0 Å². The second-order valence-corrected chi connectivity index (χ2v) is 7.51. The number of rotatable bonds is 5. The van der Waals surface area contributed by atoms with Crippen molar-refractivity contribution in [2.24, 2.45) is 0 Å². The van der Waals surface area contributed by atoms with Gasteiger partial charge in [0.25, 0.3) is 6.43 Å². The number of alkyl halides is 2. The van der Waals surface area contributed by atoms with E-state index >= 15 is 0 Å². The van der Waals surface area contributed by atoms with Crippen molar-refractivity contribution in [1.29, 1.82) is 0 Å². The van der Waals surface area contributed by atoms with Crippen LogP contribution in [0.25, 0.3) is 16.5 Å². The standard InChI is InChI=1S/C24H23F3N2O/c1-14-12-22(29-15(2)18-4-3-5-19(23(18)25)24(26)27)20-13-17(6-7-21(20)28-14)16-8-10-30-11-9-16/h3-8,12-13,15,24H,9-11H2,1-2H3,(H,28,29). The maximum Gasteiger partial charge on any atom is 0.266 e. The van der Waals surface area contributed by atoms with E-state index < -0.39 is 23.8 Å². The molecule has 0 amide bonds. The lowest BCUT2D eigenvalue weighted by atomic mass is 9.98. The molecule has 156 valence electrons. The smallest absolute Gasteiger partial charge is 0.266 e. The molecule has 0 aliphatic carbocycles. The van der Waals surface area contributed by atoms with E-state index in [9.17, 15) is 13.2 Å². The zero-order chi connectivity index (χ0) is 21.3. The quantitative estimate of drug-likeness (QED) is 0.513. The van der Waals surface area contributed by atoms with Crippen LogP contribution in [0.15, 0.2) is 48.5 Å². The monoisotopic (exact) mass is 412 g/mol. The number of nitrogens with one attached hydrogen (secondary N) is 1. The van der Waals surface area contributed by atoms with E-state index in [0.29, 0.717) is 13.2 Å². The first-order valence-corrected chi connectivity index (χ1v) is 9.95. The van der Waals surface area contributed by atoms with Crippen molar-refractivity contribution in [3.8, 4) is 0 Å². The van der Waals surface area contributed by atoms with Gasteiger partial charge in [0, 0.05) is 22.3 Å². The highest BCUT2D eigenvalue weighted by atomic mass is 19.3. The number of nitrogens with zero attached hydrogens (tertiary/aromatic N) is 1. The van der Waals surface area contributed by atoms with Crippen LogP contribution in [-0.2, 0) is 4.74 Å². The number of anilines is 1. The molecule has 3 nitrogen and oxygen atoms in total. The average Bonchev–Trinajstić information content (AvgIpc) is 2.74. The Morgan fingerprint density at radius 3 is 2.63 bits per heavy atom. The maximum absolute atomic E-state index is 14.6. The van der Waals surface area contributed by atoms with E-state index in [-0.39, 0.29) is 5.56 Å². The van der Waals surface area contributed by atoms with Crippen LogP contribution in [0.2, 0.25) is 0 Å². The fourth-order valence-electron chi connectivity index (χ4n) is 3.85. The molecule has 1 aliphatic rings. The molecular weight excluding hydrogens is 389 g/mol. The zero-order valence-electron chi connectivity index (χ0n) is 16.9. The number of ether oxygens (including phenoxy) is 1. The van der Waals surface area contributed by atoms with Crippen LogP contribution in [-0.4, -0.2) is 18.2 Å². The largest absolute Gasteiger partial charge is 0.378 e. The molecule has 2 aromatic carbocycles. The van der Waals surface area contributed by atoms with Crippen molar-refractivity contribution in [3.05, 3.63) is 76.7 Å². The summed E-state index contributed by atoms with van der Waals surface area (Å²) in [5.74, 6) is -0.865. The van der Waals surface area contributed by atoms with Crippen LogP contribution < -0.4 is 5.32 Å². The topological polar surface area (TPSA) is 34.1 Å². The summed E-state index contributed by atoms with van der Waals surface area (Å²) in [6.45, 7) is 4.95. The van der Waals surface area contributed by atoms with E-state index in [0.717, 1.165) is 40.3 Å². The summed E-state index contributed by atoms with van der Waals surface area (Å²) in [5.41, 5.74) is 4.38. The van der Waals surface area contributed by atoms with Crippen molar-refractivity contribution in [3.63, 3.8) is 0 Å². The van der Waals surface area contributed by atoms with Crippen molar-refractivity contribution < 1.29 is 17.9 Å². The second kappa shape index (κ2) is 8.48. The summed E-state index contributed by atoms with van der Waals surface area (Å²) in [5, 5.41) is 4.22. The molecule has 1 N–H and O–H groups in total. The van der Waals surface area contributed by atoms with Crippen LogP contribution in [0, 0.1) is 12.7 Å². The van der Waals surface area contributed by atoms with Gasteiger partial charge in [-0.1, -0.05) is 30.3 Å². The van der Waals surface area contributed by atoms with Gasteiger partial charge in [0.1, 0.15) is 5.82 Å². The molecule has 2 heterocycles. The number of hydrogen-bond donors (Lipinski definition) is 1. The molecule has 0 saturated heterocycles. The van der Waals surface area contributed by atoms with Crippen LogP contribution >= 0.6 is 0 Å². The van der Waals surface area contributed by atoms with Crippen LogP contribution in [0.3, 0.4) is 0 Å². The molecule has 6 heteroatoms. The molecule has 0 bridgehead atoms. The van der Waals surface area contributed by atoms with Crippen molar-refractivity contribution in [2.45, 2.75) is 32.7 Å². The third-order valence-electron chi connectivity index (χ3n) is 5.40. The van der Waals surface area contributed by atoms with Gasteiger partial charge in [-0.2, -0.15) is 0 Å². The summed E-state index contributed by atoms with van der Waals surface area (Å²) >= 11 is 0. The van der Waals surface area contributed by atoms with E-state index in [1.54, 1.807) is 6.92 Å². The molecule has 0 spiro atoms. The lowest BCUT2D eigenvalue weighted by molar-refractivity contribution is 0.146. The third-order valence-corrected chi connectivity index (χ3v) is 5.40. The molecule has 1 aliphatic heterocycles. The summed E-state index contributed by atoms with van der Waals surface area (Å²) in [6.07, 6.45) is 0.0690. The second-order valence-electron chi connectivity index (χ2n) is 7.51. The Morgan fingerprint density at radius 2 is 1.90 bits per heavy atom. The lowest BCUT2D eigenvalue weighted by Gasteiger charge is -2.20. The first kappa shape index (κ1) is 20.4. The van der Waals surface area contributed by atoms with Gasteiger partial charge in [-0.25, -0.2) is 13.2 Å². The van der Waals surface area contributed by atoms with Gasteiger partial charge >= 0.3 is 0 Å². The van der Waals surface area contributed by atoms with Gasteiger partial charge in [0.2, 0.25) is 0 Å². The Morgan fingerprint density at radius 1 is 1.10 bits per heavy atom. The molecule has 1 aromatic heterocycles. The molecule has 0 radical (unpaired) electrons. The predicted octanol–water partition coefficient (Wildman–Crippen LogP) is 6.60. The Hall–Kier alpha value is -2.86. The summed E-state index contributed by atoms with van der Waals surface area (Å²) in [7, 11) is 0. The number of halogens is 3. The Labute approximate surface area is 173 Å². The molecule has 0 saturated carbocycles. The van der Waals surface area contributed by atoms with Crippen molar-refractivity contribution >= 4 is 22.2 Å². The number of aryl methyl sites for hydroxylation is 1. The van der Waals surface area contributed by atoms with Gasteiger partial charge in [-0.3, -0.25) is 4.98 Å². The predicted molar refractivity (Wildman–Crippen MR) is 113 cm³/mol. The van der Waals surface area contributed by atoms with E-state index in [1.165, 1.54) is 17.7 Å². The highest BCUT2D eigenvalue weighted by molar-refractivity contribution is 5.94. The summed E-state index contributed by atoms with van der Waals surface area (Å²) < 4.78 is 46.2. The summed E-state index contributed by atoms with van der Waals surface area (Å²) in [4.78, 5) is 4.60. The number of aromatic nitrogens is 1. The molecule has 3 aromatic rings. The zero-order valence-corrected chi connectivity index (χ0v) is 16.9. The normalized spacial score (nSPS) is 15.3. The van der Waals surface area contributed by atoms with Gasteiger partial charge < -0.3 is 10.1 Å². The first-order chi connectivity index (χ1) is 14.4. The lowest BCUT2D eigenvalue weighted by Crippen LogP contribution is -2.11. The Bertz CT molecular complexity index is 1110. The molecule has 0 fully saturated rings. The molecule has 1 atom stereocenters. The van der Waals surface area contributed by atoms with E-state index in [1.807, 2.05) is 25.1 Å². The molecular formula is C24H23F3N2O. The van der Waals surface area contributed by atoms with Gasteiger partial charge in [0.15, 0.2) is 0 Å². The Kier molecular flexibility index (Phi) is 5.77. The minimum absolute atomic E-state index is 0.207. The summed E-state index contributed by atoms with van der Waals surface area (Å²) in [6, 6.07) is 11.6. The molecule has 4 rings (SSSR count). The average molecular weight is 412 g/mol. The number of pyridine rings is 1. The number of benzene rings is 2. The number of hydrogen-bond acceptors (Lipinski definition) is 3. The number of fused-ring (bicyclic) bond motifs is 1.